The minimum atomic E-state index is -0.328. The van der Waals surface area contributed by atoms with Crippen molar-refractivity contribution in [2.24, 2.45) is 11.3 Å². The Kier molecular flexibility index (Phi) is 2.10. The molecule has 0 aliphatic heterocycles. The summed E-state index contributed by atoms with van der Waals surface area (Å²) in [6.07, 6.45) is 4.54. The van der Waals surface area contributed by atoms with E-state index in [0.717, 1.165) is 19.3 Å². The molecule has 3 rings (SSSR count). The van der Waals surface area contributed by atoms with Gasteiger partial charge in [0.15, 0.2) is 0 Å². The van der Waals surface area contributed by atoms with Crippen LogP contribution in [0.5, 0.6) is 0 Å². The van der Waals surface area contributed by atoms with Crippen molar-refractivity contribution >= 4 is 0 Å². The first-order chi connectivity index (χ1) is 8.07. The van der Waals surface area contributed by atoms with Gasteiger partial charge in [-0.1, -0.05) is 0 Å². The lowest BCUT2D eigenvalue weighted by molar-refractivity contribution is 0.205. The number of aliphatic hydroxyl groups excluding tert-OH is 1. The maximum absolute atomic E-state index is 11.8. The smallest absolute Gasteiger partial charge is 0.328 e. The normalized spacial score (nSPS) is 34.7. The number of hydrogen-bond acceptors (Lipinski definition) is 3. The van der Waals surface area contributed by atoms with Crippen molar-refractivity contribution in [1.82, 2.24) is 9.55 Å². The number of aromatic amines is 1. The van der Waals surface area contributed by atoms with Crippen LogP contribution in [0.4, 0.5) is 0 Å². The van der Waals surface area contributed by atoms with E-state index < -0.39 is 0 Å². The highest BCUT2D eigenvalue weighted by Gasteiger charge is 2.61. The molecule has 0 aromatic carbocycles. The molecule has 1 aromatic rings. The zero-order chi connectivity index (χ0) is 12.2. The standard InChI is InChI=1S/C12H16N2O3/c1-7-5-14(11(17)13-10(7)16)9-2-3-12(6-15)4-8(9)12/h5,8-9,15H,2-4,6H2,1H3,(H,13,16,17)/t8-,9+,12-/m0/s1. The molecule has 5 heteroatoms. The Morgan fingerprint density at radius 1 is 1.59 bits per heavy atom. The van der Waals surface area contributed by atoms with Crippen LogP contribution in [-0.4, -0.2) is 21.3 Å². The van der Waals surface area contributed by atoms with E-state index in [2.05, 4.69) is 4.98 Å². The van der Waals surface area contributed by atoms with Crippen molar-refractivity contribution in [3.63, 3.8) is 0 Å². The minimum absolute atomic E-state index is 0.0636. The Labute approximate surface area is 98.1 Å². The number of rotatable bonds is 2. The van der Waals surface area contributed by atoms with Crippen molar-refractivity contribution in [3.05, 3.63) is 32.6 Å². The number of nitrogens with zero attached hydrogens (tertiary/aromatic N) is 1. The van der Waals surface area contributed by atoms with Gasteiger partial charge in [0.1, 0.15) is 0 Å². The lowest BCUT2D eigenvalue weighted by atomic mass is 10.1. The highest BCUT2D eigenvalue weighted by molar-refractivity contribution is 5.13. The minimum Gasteiger partial charge on any atom is -0.396 e. The van der Waals surface area contributed by atoms with Crippen LogP contribution in [0, 0.1) is 18.3 Å². The Hall–Kier alpha value is -1.36. The number of H-pyrrole nitrogens is 1. The molecule has 0 saturated heterocycles. The van der Waals surface area contributed by atoms with Gasteiger partial charge in [0.05, 0.1) is 0 Å². The van der Waals surface area contributed by atoms with Crippen LogP contribution in [-0.2, 0) is 0 Å². The lowest BCUT2D eigenvalue weighted by Crippen LogP contribution is -2.33. The van der Waals surface area contributed by atoms with Gasteiger partial charge in [0, 0.05) is 24.4 Å². The van der Waals surface area contributed by atoms with E-state index in [4.69, 9.17) is 0 Å². The maximum atomic E-state index is 11.8. The van der Waals surface area contributed by atoms with Gasteiger partial charge in [-0.05, 0) is 37.5 Å². The van der Waals surface area contributed by atoms with Gasteiger partial charge in [0.2, 0.25) is 0 Å². The van der Waals surface area contributed by atoms with Gasteiger partial charge >= 0.3 is 5.69 Å². The van der Waals surface area contributed by atoms with Gasteiger partial charge in [0.25, 0.3) is 5.56 Å². The third-order valence-corrected chi connectivity index (χ3v) is 4.47. The molecule has 0 bridgehead atoms. The van der Waals surface area contributed by atoms with Gasteiger partial charge < -0.3 is 5.11 Å². The summed E-state index contributed by atoms with van der Waals surface area (Å²) in [6.45, 7) is 1.92. The lowest BCUT2D eigenvalue weighted by Gasteiger charge is -2.15. The van der Waals surface area contributed by atoms with E-state index in [9.17, 15) is 14.7 Å². The Morgan fingerprint density at radius 2 is 2.35 bits per heavy atom. The van der Waals surface area contributed by atoms with E-state index in [-0.39, 0.29) is 29.3 Å². The molecule has 0 radical (unpaired) electrons. The van der Waals surface area contributed by atoms with Gasteiger partial charge in [-0.3, -0.25) is 14.3 Å². The average molecular weight is 236 g/mol. The molecule has 1 heterocycles. The fourth-order valence-corrected chi connectivity index (χ4v) is 3.27. The van der Waals surface area contributed by atoms with Crippen molar-refractivity contribution in [2.45, 2.75) is 32.2 Å². The molecule has 92 valence electrons. The van der Waals surface area contributed by atoms with Crippen molar-refractivity contribution in [2.75, 3.05) is 6.61 Å². The van der Waals surface area contributed by atoms with Gasteiger partial charge in [-0.25, -0.2) is 4.79 Å². The summed E-state index contributed by atoms with van der Waals surface area (Å²) >= 11 is 0. The number of aromatic nitrogens is 2. The van der Waals surface area contributed by atoms with Crippen LogP contribution in [0.1, 0.15) is 30.9 Å². The Morgan fingerprint density at radius 3 is 2.94 bits per heavy atom. The molecule has 2 N–H and O–H groups in total. The summed E-state index contributed by atoms with van der Waals surface area (Å²) in [5.74, 6) is 0.399. The summed E-state index contributed by atoms with van der Waals surface area (Å²) in [7, 11) is 0. The van der Waals surface area contributed by atoms with Gasteiger partial charge in [-0.15, -0.1) is 0 Å². The van der Waals surface area contributed by atoms with Crippen molar-refractivity contribution in [3.8, 4) is 0 Å². The number of fused-ring (bicyclic) bond motifs is 1. The van der Waals surface area contributed by atoms with E-state index in [0.29, 0.717) is 11.5 Å². The molecule has 0 spiro atoms. The fourth-order valence-electron chi connectivity index (χ4n) is 3.27. The monoisotopic (exact) mass is 236 g/mol. The quantitative estimate of drug-likeness (QED) is 0.769. The molecule has 3 atom stereocenters. The van der Waals surface area contributed by atoms with E-state index >= 15 is 0 Å². The van der Waals surface area contributed by atoms with Crippen LogP contribution < -0.4 is 11.2 Å². The predicted octanol–water partition coefficient (Wildman–Crippen LogP) is 0.179. The molecule has 2 aliphatic rings. The SMILES string of the molecule is Cc1cn([C@@H]2CC[C@@]3(CO)C[C@@H]23)c(=O)[nH]c1=O. The summed E-state index contributed by atoms with van der Waals surface area (Å²) in [4.78, 5) is 25.4. The molecular weight excluding hydrogens is 220 g/mol. The van der Waals surface area contributed by atoms with Crippen molar-refractivity contribution in [1.29, 1.82) is 0 Å². The zero-order valence-electron chi connectivity index (χ0n) is 9.77. The summed E-state index contributed by atoms with van der Waals surface area (Å²) in [6, 6.07) is 0.144. The van der Waals surface area contributed by atoms with E-state index in [1.54, 1.807) is 17.7 Å². The first kappa shape index (κ1) is 10.8. The Balaban J connectivity index is 2.00. The molecule has 2 saturated carbocycles. The van der Waals surface area contributed by atoms with Crippen LogP contribution in [0.2, 0.25) is 0 Å². The average Bonchev–Trinajstić information content (AvgIpc) is 2.92. The third kappa shape index (κ3) is 1.42. The largest absolute Gasteiger partial charge is 0.396 e. The molecule has 2 aliphatic carbocycles. The number of hydrogen-bond donors (Lipinski definition) is 2. The highest BCUT2D eigenvalue weighted by Crippen LogP contribution is 2.66. The van der Waals surface area contributed by atoms with Crippen LogP contribution >= 0.6 is 0 Å². The second-order valence-electron chi connectivity index (χ2n) is 5.42. The second kappa shape index (κ2) is 3.32. The molecule has 0 amide bonds. The molecular formula is C12H16N2O3. The van der Waals surface area contributed by atoms with E-state index in [1.165, 1.54) is 0 Å². The second-order valence-corrected chi connectivity index (χ2v) is 5.42. The fraction of sp³-hybridized carbons (Fsp3) is 0.667. The highest BCUT2D eigenvalue weighted by atomic mass is 16.3. The Bertz CT molecular complexity index is 574. The maximum Gasteiger partial charge on any atom is 0.328 e. The van der Waals surface area contributed by atoms with Crippen LogP contribution in [0.15, 0.2) is 15.8 Å². The number of nitrogens with one attached hydrogen (secondary N) is 1. The van der Waals surface area contributed by atoms with Crippen LogP contribution in [0.3, 0.4) is 0 Å². The molecule has 5 nitrogen and oxygen atoms in total. The van der Waals surface area contributed by atoms with E-state index in [1.807, 2.05) is 0 Å². The summed E-state index contributed by atoms with van der Waals surface area (Å²) in [5, 5.41) is 9.35. The molecule has 1 aromatic heterocycles. The first-order valence-corrected chi connectivity index (χ1v) is 6.00. The summed E-state index contributed by atoms with van der Waals surface area (Å²) < 4.78 is 1.64. The van der Waals surface area contributed by atoms with Crippen molar-refractivity contribution < 1.29 is 5.11 Å². The van der Waals surface area contributed by atoms with Crippen LogP contribution in [0.25, 0.3) is 0 Å². The zero-order valence-corrected chi connectivity index (χ0v) is 9.77. The number of aryl methyl sites for hydroxylation is 1. The number of aliphatic hydroxyl groups is 1. The topological polar surface area (TPSA) is 75.1 Å². The third-order valence-electron chi connectivity index (χ3n) is 4.47. The van der Waals surface area contributed by atoms with Gasteiger partial charge in [-0.2, -0.15) is 0 Å². The summed E-state index contributed by atoms with van der Waals surface area (Å²) in [5.41, 5.74) is -0.0137. The molecule has 17 heavy (non-hydrogen) atoms. The predicted molar refractivity (Wildman–Crippen MR) is 62.0 cm³/mol. The first-order valence-electron chi connectivity index (χ1n) is 6.00. The molecule has 0 unspecified atom stereocenters. The molecule has 2 fully saturated rings.